The summed E-state index contributed by atoms with van der Waals surface area (Å²) in [5.41, 5.74) is -0.0111. The van der Waals surface area contributed by atoms with Crippen LogP contribution in [0.2, 0.25) is 0 Å². The van der Waals surface area contributed by atoms with Gasteiger partial charge in [0.1, 0.15) is 17.1 Å². The molecule has 0 amide bonds. The molecule has 0 saturated carbocycles. The van der Waals surface area contributed by atoms with E-state index in [9.17, 15) is 13.2 Å². The van der Waals surface area contributed by atoms with Gasteiger partial charge in [-0.1, -0.05) is 22.0 Å². The minimum atomic E-state index is -3.36. The highest BCUT2D eigenvalue weighted by Crippen LogP contribution is 2.29. The van der Waals surface area contributed by atoms with Gasteiger partial charge >= 0.3 is 5.97 Å². The number of hydrogen-bond acceptors (Lipinski definition) is 4. The summed E-state index contributed by atoms with van der Waals surface area (Å²) in [6, 6.07) is 10.4. The van der Waals surface area contributed by atoms with Gasteiger partial charge in [-0.2, -0.15) is 0 Å². The van der Waals surface area contributed by atoms with Crippen LogP contribution < -0.4 is 4.74 Å². The van der Waals surface area contributed by atoms with E-state index in [4.69, 9.17) is 9.84 Å². The summed E-state index contributed by atoms with van der Waals surface area (Å²) in [4.78, 5) is 11.3. The topological polar surface area (TPSA) is 80.7 Å². The Labute approximate surface area is 130 Å². The van der Waals surface area contributed by atoms with Crippen LogP contribution in [0.25, 0.3) is 0 Å². The van der Waals surface area contributed by atoms with Crippen LogP contribution in [-0.4, -0.2) is 25.7 Å². The molecule has 2 aromatic rings. The minimum Gasteiger partial charge on any atom is -0.478 e. The van der Waals surface area contributed by atoms with E-state index >= 15 is 0 Å². The molecule has 0 heterocycles. The van der Waals surface area contributed by atoms with Crippen LogP contribution >= 0.6 is 15.9 Å². The van der Waals surface area contributed by atoms with Gasteiger partial charge in [0, 0.05) is 10.7 Å². The quantitative estimate of drug-likeness (QED) is 0.892. The number of halogens is 1. The van der Waals surface area contributed by atoms with E-state index in [0.29, 0.717) is 4.47 Å². The molecule has 0 unspecified atom stereocenters. The molecule has 2 rings (SSSR count). The zero-order valence-electron chi connectivity index (χ0n) is 10.9. The first-order valence-electron chi connectivity index (χ1n) is 5.78. The number of benzene rings is 2. The molecule has 110 valence electrons. The first-order chi connectivity index (χ1) is 9.77. The van der Waals surface area contributed by atoms with Gasteiger partial charge in [-0.3, -0.25) is 0 Å². The van der Waals surface area contributed by atoms with E-state index in [1.54, 1.807) is 12.1 Å². The van der Waals surface area contributed by atoms with Gasteiger partial charge in [0.2, 0.25) is 0 Å². The number of carboxylic acid groups (broad SMARTS) is 1. The Morgan fingerprint density at radius 1 is 1.19 bits per heavy atom. The zero-order valence-corrected chi connectivity index (χ0v) is 13.3. The van der Waals surface area contributed by atoms with Gasteiger partial charge in [0.05, 0.1) is 4.90 Å². The normalized spacial score (nSPS) is 11.1. The number of sulfone groups is 1. The van der Waals surface area contributed by atoms with Crippen molar-refractivity contribution < 1.29 is 23.1 Å². The maximum atomic E-state index is 11.5. The number of carbonyl (C=O) groups is 1. The highest BCUT2D eigenvalue weighted by atomic mass is 79.9. The molecule has 0 saturated heterocycles. The summed E-state index contributed by atoms with van der Waals surface area (Å²) < 4.78 is 29.2. The highest BCUT2D eigenvalue weighted by Gasteiger charge is 2.14. The summed E-state index contributed by atoms with van der Waals surface area (Å²) in [5, 5.41) is 9.13. The summed E-state index contributed by atoms with van der Waals surface area (Å²) >= 11 is 3.24. The van der Waals surface area contributed by atoms with Crippen LogP contribution in [0.3, 0.4) is 0 Å². The van der Waals surface area contributed by atoms with Gasteiger partial charge in [-0.15, -0.1) is 0 Å². The van der Waals surface area contributed by atoms with Crippen LogP contribution in [0.5, 0.6) is 11.5 Å². The molecule has 0 atom stereocenters. The highest BCUT2D eigenvalue weighted by molar-refractivity contribution is 9.10. The lowest BCUT2D eigenvalue weighted by molar-refractivity contribution is 0.0694. The number of ether oxygens (including phenoxy) is 1. The molecule has 0 fully saturated rings. The SMILES string of the molecule is CS(=O)(=O)c1cccc(Oc2cc(Br)ccc2C(=O)O)c1. The van der Waals surface area contributed by atoms with Crippen LogP contribution in [0.1, 0.15) is 10.4 Å². The minimum absolute atomic E-state index is 0.0111. The average Bonchev–Trinajstić information content (AvgIpc) is 2.37. The van der Waals surface area contributed by atoms with Crippen LogP contribution in [0, 0.1) is 0 Å². The second kappa shape index (κ2) is 5.87. The molecule has 2 aromatic carbocycles. The van der Waals surface area contributed by atoms with Gasteiger partial charge in [-0.05, 0) is 36.4 Å². The predicted octanol–water partition coefficient (Wildman–Crippen LogP) is 3.34. The van der Waals surface area contributed by atoms with Crippen molar-refractivity contribution in [2.75, 3.05) is 6.26 Å². The third kappa shape index (κ3) is 3.83. The average molecular weight is 371 g/mol. The Hall–Kier alpha value is -1.86. The molecule has 0 aliphatic carbocycles. The number of aromatic carboxylic acids is 1. The third-order valence-electron chi connectivity index (χ3n) is 2.64. The van der Waals surface area contributed by atoms with Crippen molar-refractivity contribution in [2.24, 2.45) is 0 Å². The number of hydrogen-bond donors (Lipinski definition) is 1. The molecule has 0 aliphatic heterocycles. The Kier molecular flexibility index (Phi) is 4.34. The molecule has 0 spiro atoms. The van der Waals surface area contributed by atoms with E-state index in [-0.39, 0.29) is 22.0 Å². The lowest BCUT2D eigenvalue weighted by Crippen LogP contribution is -2.01. The van der Waals surface area contributed by atoms with Gasteiger partial charge in [0.25, 0.3) is 0 Å². The van der Waals surface area contributed by atoms with Crippen molar-refractivity contribution in [1.82, 2.24) is 0 Å². The lowest BCUT2D eigenvalue weighted by Gasteiger charge is -2.10. The van der Waals surface area contributed by atoms with Crippen LogP contribution in [0.15, 0.2) is 51.8 Å². The fraction of sp³-hybridized carbons (Fsp3) is 0.0714. The monoisotopic (exact) mass is 370 g/mol. The van der Waals surface area contributed by atoms with E-state index < -0.39 is 15.8 Å². The van der Waals surface area contributed by atoms with Crippen LogP contribution in [-0.2, 0) is 9.84 Å². The summed E-state index contributed by atoms with van der Waals surface area (Å²) in [5.74, 6) is -0.752. The Bertz CT molecular complexity index is 799. The van der Waals surface area contributed by atoms with E-state index in [1.165, 1.54) is 30.3 Å². The molecule has 1 N–H and O–H groups in total. The second-order valence-corrected chi connectivity index (χ2v) is 7.23. The van der Waals surface area contributed by atoms with Crippen molar-refractivity contribution in [3.63, 3.8) is 0 Å². The van der Waals surface area contributed by atoms with Gasteiger partial charge in [-0.25, -0.2) is 13.2 Å². The number of carboxylic acids is 1. The summed E-state index contributed by atoms with van der Waals surface area (Å²) in [6.45, 7) is 0. The van der Waals surface area contributed by atoms with E-state index in [0.717, 1.165) is 6.26 Å². The van der Waals surface area contributed by atoms with Crippen molar-refractivity contribution in [1.29, 1.82) is 0 Å². The second-order valence-electron chi connectivity index (χ2n) is 4.29. The third-order valence-corrected chi connectivity index (χ3v) is 4.24. The molecular formula is C14H11BrO5S. The summed E-state index contributed by atoms with van der Waals surface area (Å²) in [7, 11) is -3.36. The Balaban J connectivity index is 2.43. The molecule has 0 aliphatic rings. The lowest BCUT2D eigenvalue weighted by atomic mass is 10.2. The number of rotatable bonds is 4. The zero-order chi connectivity index (χ0) is 15.6. The van der Waals surface area contributed by atoms with E-state index in [2.05, 4.69) is 15.9 Å². The maximum Gasteiger partial charge on any atom is 0.339 e. The van der Waals surface area contributed by atoms with Crippen molar-refractivity contribution in [3.05, 3.63) is 52.5 Å². The van der Waals surface area contributed by atoms with Crippen molar-refractivity contribution >= 4 is 31.7 Å². The standard InChI is InChI=1S/C14H11BrO5S/c1-21(18,19)11-4-2-3-10(8-11)20-13-7-9(15)5-6-12(13)14(16)17/h2-8H,1H3,(H,16,17). The predicted molar refractivity (Wildman–Crippen MR) is 80.7 cm³/mol. The molecule has 21 heavy (non-hydrogen) atoms. The molecule has 5 nitrogen and oxygen atoms in total. The first kappa shape index (κ1) is 15.5. The Morgan fingerprint density at radius 2 is 1.90 bits per heavy atom. The van der Waals surface area contributed by atoms with Crippen molar-refractivity contribution in [3.8, 4) is 11.5 Å². The summed E-state index contributed by atoms with van der Waals surface area (Å²) in [6.07, 6.45) is 1.09. The van der Waals surface area contributed by atoms with Gasteiger partial charge < -0.3 is 9.84 Å². The molecule has 0 bridgehead atoms. The van der Waals surface area contributed by atoms with Crippen LogP contribution in [0.4, 0.5) is 0 Å². The van der Waals surface area contributed by atoms with Gasteiger partial charge in [0.15, 0.2) is 9.84 Å². The molecule has 0 aromatic heterocycles. The fourth-order valence-electron chi connectivity index (χ4n) is 1.65. The largest absolute Gasteiger partial charge is 0.478 e. The van der Waals surface area contributed by atoms with Crippen molar-refractivity contribution in [2.45, 2.75) is 4.90 Å². The first-order valence-corrected chi connectivity index (χ1v) is 8.46. The molecular weight excluding hydrogens is 360 g/mol. The molecule has 0 radical (unpaired) electrons. The van der Waals surface area contributed by atoms with E-state index in [1.807, 2.05) is 0 Å². The Morgan fingerprint density at radius 3 is 2.52 bits per heavy atom. The molecule has 7 heteroatoms. The fourth-order valence-corrected chi connectivity index (χ4v) is 2.65. The smallest absolute Gasteiger partial charge is 0.339 e. The maximum absolute atomic E-state index is 11.5.